The van der Waals surface area contributed by atoms with Crippen molar-refractivity contribution < 1.29 is 8.78 Å². The van der Waals surface area contributed by atoms with Gasteiger partial charge in [0.1, 0.15) is 10.8 Å². The summed E-state index contributed by atoms with van der Waals surface area (Å²) in [6, 6.07) is 5.62. The molecule has 0 saturated heterocycles. The molecule has 102 valence electrons. The maximum atomic E-state index is 12.9. The molecule has 2 aromatic rings. The Morgan fingerprint density at radius 3 is 2.47 bits per heavy atom. The van der Waals surface area contributed by atoms with Crippen molar-refractivity contribution in [3.05, 3.63) is 45.7 Å². The van der Waals surface area contributed by atoms with Gasteiger partial charge in [-0.05, 0) is 25.5 Å². The van der Waals surface area contributed by atoms with Crippen molar-refractivity contribution in [2.75, 3.05) is 0 Å². The van der Waals surface area contributed by atoms with Crippen LogP contribution in [0.3, 0.4) is 0 Å². The van der Waals surface area contributed by atoms with Crippen LogP contribution in [0.15, 0.2) is 18.2 Å². The van der Waals surface area contributed by atoms with E-state index >= 15 is 0 Å². The standard InChI is InChI=1S/C13H12Cl2F2N2/c1-7-3-4-10(8(2)5-7)19-12(15)9(6-14)11(18-19)13(16)17/h3-5,13H,6H2,1-2H3. The molecule has 1 aromatic carbocycles. The molecule has 0 aliphatic heterocycles. The fourth-order valence-electron chi connectivity index (χ4n) is 1.95. The molecule has 0 unspecified atom stereocenters. The Labute approximate surface area is 119 Å². The molecule has 0 atom stereocenters. The van der Waals surface area contributed by atoms with Gasteiger partial charge < -0.3 is 0 Å². The Morgan fingerprint density at radius 2 is 2.00 bits per heavy atom. The average molecular weight is 305 g/mol. The predicted octanol–water partition coefficient (Wildman–Crippen LogP) is 4.82. The van der Waals surface area contributed by atoms with E-state index in [9.17, 15) is 8.78 Å². The zero-order chi connectivity index (χ0) is 14.2. The highest BCUT2D eigenvalue weighted by atomic mass is 35.5. The van der Waals surface area contributed by atoms with E-state index in [0.29, 0.717) is 5.69 Å². The van der Waals surface area contributed by atoms with Crippen LogP contribution in [-0.4, -0.2) is 9.78 Å². The van der Waals surface area contributed by atoms with Crippen molar-refractivity contribution in [2.45, 2.75) is 26.2 Å². The highest BCUT2D eigenvalue weighted by molar-refractivity contribution is 6.31. The number of hydrogen-bond acceptors (Lipinski definition) is 1. The SMILES string of the molecule is Cc1ccc(-n2nc(C(F)F)c(CCl)c2Cl)c(C)c1. The van der Waals surface area contributed by atoms with Crippen molar-refractivity contribution in [3.63, 3.8) is 0 Å². The minimum absolute atomic E-state index is 0.0938. The minimum atomic E-state index is -2.70. The molecule has 1 aromatic heterocycles. The van der Waals surface area contributed by atoms with Gasteiger partial charge in [-0.25, -0.2) is 13.5 Å². The van der Waals surface area contributed by atoms with Gasteiger partial charge in [0, 0.05) is 5.56 Å². The molecule has 0 aliphatic carbocycles. The van der Waals surface area contributed by atoms with Crippen LogP contribution < -0.4 is 0 Å². The molecule has 6 heteroatoms. The van der Waals surface area contributed by atoms with Crippen LogP contribution in [0.4, 0.5) is 8.78 Å². The van der Waals surface area contributed by atoms with Crippen molar-refractivity contribution in [2.24, 2.45) is 0 Å². The van der Waals surface area contributed by atoms with Crippen molar-refractivity contribution >= 4 is 23.2 Å². The maximum Gasteiger partial charge on any atom is 0.282 e. The molecule has 0 N–H and O–H groups in total. The second-order valence-corrected chi connectivity index (χ2v) is 4.92. The molecule has 0 saturated carbocycles. The van der Waals surface area contributed by atoms with Gasteiger partial charge in [-0.3, -0.25) is 0 Å². The van der Waals surface area contributed by atoms with Crippen LogP contribution in [-0.2, 0) is 5.88 Å². The summed E-state index contributed by atoms with van der Waals surface area (Å²) in [5, 5.41) is 4.03. The number of aryl methyl sites for hydroxylation is 2. The van der Waals surface area contributed by atoms with Crippen molar-refractivity contribution in [1.82, 2.24) is 9.78 Å². The number of nitrogens with zero attached hydrogens (tertiary/aromatic N) is 2. The second-order valence-electron chi connectivity index (χ2n) is 4.29. The lowest BCUT2D eigenvalue weighted by molar-refractivity contribution is 0.144. The number of rotatable bonds is 3. The first kappa shape index (κ1) is 14.3. The van der Waals surface area contributed by atoms with Crippen molar-refractivity contribution in [3.8, 4) is 5.69 Å². The molecule has 0 spiro atoms. The Morgan fingerprint density at radius 1 is 1.32 bits per heavy atom. The first-order chi connectivity index (χ1) is 8.95. The normalized spacial score (nSPS) is 11.3. The lowest BCUT2D eigenvalue weighted by Crippen LogP contribution is -2.00. The summed E-state index contributed by atoms with van der Waals surface area (Å²) >= 11 is 11.8. The van der Waals surface area contributed by atoms with Crippen LogP contribution in [0.5, 0.6) is 0 Å². The number of alkyl halides is 3. The lowest BCUT2D eigenvalue weighted by Gasteiger charge is -2.08. The summed E-state index contributed by atoms with van der Waals surface area (Å²) in [6.07, 6.45) is -2.70. The Kier molecular flexibility index (Phi) is 4.11. The predicted molar refractivity (Wildman–Crippen MR) is 72.6 cm³/mol. The number of halogens is 4. The van der Waals surface area contributed by atoms with Gasteiger partial charge in [-0.1, -0.05) is 29.3 Å². The van der Waals surface area contributed by atoms with Crippen LogP contribution >= 0.6 is 23.2 Å². The van der Waals surface area contributed by atoms with E-state index < -0.39 is 6.43 Å². The highest BCUT2D eigenvalue weighted by Gasteiger charge is 2.23. The van der Waals surface area contributed by atoms with Crippen LogP contribution in [0.2, 0.25) is 5.15 Å². The van der Waals surface area contributed by atoms with E-state index in [-0.39, 0.29) is 22.3 Å². The third-order valence-electron chi connectivity index (χ3n) is 2.87. The summed E-state index contributed by atoms with van der Waals surface area (Å²) in [5.74, 6) is -0.0938. The van der Waals surface area contributed by atoms with Gasteiger partial charge in [0.05, 0.1) is 11.6 Å². The number of aromatic nitrogens is 2. The molecule has 0 amide bonds. The average Bonchev–Trinajstić information content (AvgIpc) is 2.66. The third-order valence-corrected chi connectivity index (χ3v) is 3.53. The molecule has 2 rings (SSSR count). The number of hydrogen-bond donors (Lipinski definition) is 0. The minimum Gasteiger partial charge on any atom is -0.221 e. The monoisotopic (exact) mass is 304 g/mol. The maximum absolute atomic E-state index is 12.9. The highest BCUT2D eigenvalue weighted by Crippen LogP contribution is 2.32. The Hall–Kier alpha value is -1.13. The summed E-state index contributed by atoms with van der Waals surface area (Å²) in [4.78, 5) is 0. The van der Waals surface area contributed by atoms with Crippen LogP contribution in [0.25, 0.3) is 5.69 Å². The van der Waals surface area contributed by atoms with Gasteiger partial charge in [0.15, 0.2) is 0 Å². The van der Waals surface area contributed by atoms with Crippen molar-refractivity contribution in [1.29, 1.82) is 0 Å². The fourth-order valence-corrected chi connectivity index (χ4v) is 2.57. The molecule has 0 fully saturated rings. The Bertz CT molecular complexity index is 609. The topological polar surface area (TPSA) is 17.8 Å². The van der Waals surface area contributed by atoms with Gasteiger partial charge in [-0.15, -0.1) is 11.6 Å². The molecule has 19 heavy (non-hydrogen) atoms. The zero-order valence-corrected chi connectivity index (χ0v) is 11.9. The molecule has 0 radical (unpaired) electrons. The van der Waals surface area contributed by atoms with E-state index in [1.165, 1.54) is 4.68 Å². The largest absolute Gasteiger partial charge is 0.282 e. The first-order valence-electron chi connectivity index (χ1n) is 5.64. The molecular formula is C13H12Cl2F2N2. The number of benzene rings is 1. The van der Waals surface area contributed by atoms with Crippen LogP contribution in [0.1, 0.15) is 28.8 Å². The van der Waals surface area contributed by atoms with E-state index in [1.54, 1.807) is 6.07 Å². The van der Waals surface area contributed by atoms with Gasteiger partial charge in [0.2, 0.25) is 0 Å². The van der Waals surface area contributed by atoms with Gasteiger partial charge in [0.25, 0.3) is 6.43 Å². The second kappa shape index (κ2) is 5.47. The summed E-state index contributed by atoms with van der Waals surface area (Å²) < 4.78 is 27.1. The first-order valence-corrected chi connectivity index (χ1v) is 6.56. The quantitative estimate of drug-likeness (QED) is 0.743. The third kappa shape index (κ3) is 2.60. The molecule has 0 aliphatic rings. The van der Waals surface area contributed by atoms with E-state index in [2.05, 4.69) is 5.10 Å². The van der Waals surface area contributed by atoms with Crippen LogP contribution in [0, 0.1) is 13.8 Å². The smallest absolute Gasteiger partial charge is 0.221 e. The van der Waals surface area contributed by atoms with Gasteiger partial charge in [-0.2, -0.15) is 5.10 Å². The Balaban J connectivity index is 2.63. The summed E-state index contributed by atoms with van der Waals surface area (Å²) in [7, 11) is 0. The fraction of sp³-hybridized carbons (Fsp3) is 0.308. The van der Waals surface area contributed by atoms with Gasteiger partial charge >= 0.3 is 0 Å². The summed E-state index contributed by atoms with van der Waals surface area (Å²) in [6.45, 7) is 3.83. The molecular weight excluding hydrogens is 293 g/mol. The van der Waals surface area contributed by atoms with E-state index in [1.807, 2.05) is 26.0 Å². The molecule has 1 heterocycles. The lowest BCUT2D eigenvalue weighted by atomic mass is 10.1. The van der Waals surface area contributed by atoms with E-state index in [0.717, 1.165) is 11.1 Å². The zero-order valence-electron chi connectivity index (χ0n) is 10.4. The summed E-state index contributed by atoms with van der Waals surface area (Å²) in [5.41, 5.74) is 2.48. The van der Waals surface area contributed by atoms with E-state index in [4.69, 9.17) is 23.2 Å². The molecule has 0 bridgehead atoms. The molecule has 2 nitrogen and oxygen atoms in total.